The summed E-state index contributed by atoms with van der Waals surface area (Å²) in [5.74, 6) is -2.75. The van der Waals surface area contributed by atoms with Crippen LogP contribution in [-0.4, -0.2) is 79.3 Å². The van der Waals surface area contributed by atoms with Crippen LogP contribution in [0, 0.1) is 0 Å². The Kier molecular flexibility index (Phi) is 35.6. The fraction of sp³-hybridized carbons (Fsp3) is 0.946. The van der Waals surface area contributed by atoms with Gasteiger partial charge in [-0.2, -0.15) is 0 Å². The predicted molar refractivity (Wildman–Crippen MR) is 186 cm³/mol. The number of carbonyl (C=O) groups is 2. The van der Waals surface area contributed by atoms with Gasteiger partial charge in [0.15, 0.2) is 0 Å². The molecular formula is C37H79N3O4. The molecule has 0 aromatic heterocycles. The summed E-state index contributed by atoms with van der Waals surface area (Å²) in [6.07, 6.45) is 21.6. The highest BCUT2D eigenvalue weighted by Crippen LogP contribution is 2.17. The van der Waals surface area contributed by atoms with E-state index in [0.717, 1.165) is 0 Å². The summed E-state index contributed by atoms with van der Waals surface area (Å²) in [5.41, 5.74) is 4.91. The normalized spacial score (nSPS) is 12.1. The van der Waals surface area contributed by atoms with Gasteiger partial charge < -0.3 is 34.5 Å². The van der Waals surface area contributed by atoms with Crippen molar-refractivity contribution in [1.29, 1.82) is 0 Å². The van der Waals surface area contributed by atoms with Crippen molar-refractivity contribution in [3.63, 3.8) is 0 Å². The molecule has 0 unspecified atom stereocenters. The molecular weight excluding hydrogens is 550 g/mol. The van der Waals surface area contributed by atoms with E-state index < -0.39 is 18.0 Å². The number of rotatable bonds is 28. The Morgan fingerprint density at radius 2 is 0.682 bits per heavy atom. The van der Waals surface area contributed by atoms with E-state index >= 15 is 0 Å². The number of nitrogens with two attached hydrogens (primary N) is 1. The molecule has 0 aromatic carbocycles. The van der Waals surface area contributed by atoms with E-state index in [1.165, 1.54) is 164 Å². The minimum absolute atomic E-state index is 0.148. The number of hydrogen-bond acceptors (Lipinski definition) is 5. The van der Waals surface area contributed by atoms with Crippen molar-refractivity contribution in [2.45, 2.75) is 177 Å². The molecule has 1 atom stereocenters. The van der Waals surface area contributed by atoms with Gasteiger partial charge in [-0.3, -0.25) is 0 Å². The number of carboxylic acids is 2. The second-order valence-electron chi connectivity index (χ2n) is 13.1. The van der Waals surface area contributed by atoms with Crippen molar-refractivity contribution >= 4 is 11.9 Å². The van der Waals surface area contributed by atoms with Crippen LogP contribution in [-0.2, 0) is 9.59 Å². The molecule has 2 N–H and O–H groups in total. The molecule has 0 spiro atoms. The summed E-state index contributed by atoms with van der Waals surface area (Å²) in [6.45, 7) is 30.0. The molecule has 0 aromatic rings. The monoisotopic (exact) mass is 630 g/mol. The third-order valence-electron chi connectivity index (χ3n) is 8.85. The van der Waals surface area contributed by atoms with Gasteiger partial charge in [0.1, 0.15) is 0 Å². The zero-order chi connectivity index (χ0) is 34.1. The van der Waals surface area contributed by atoms with Crippen molar-refractivity contribution in [3.05, 3.63) is 0 Å². The zero-order valence-electron chi connectivity index (χ0n) is 31.1. The number of unbranched alkanes of at least 4 members (excludes halogenated alkanes) is 8. The van der Waals surface area contributed by atoms with Gasteiger partial charge in [0.05, 0.1) is 58.3 Å². The predicted octanol–water partition coefficient (Wildman–Crippen LogP) is 6.60. The van der Waals surface area contributed by atoms with Crippen LogP contribution in [0.3, 0.4) is 0 Å². The number of carbonyl (C=O) groups excluding carboxylic acids is 2. The van der Waals surface area contributed by atoms with Gasteiger partial charge in [0, 0.05) is 12.0 Å². The molecule has 0 aliphatic carbocycles. The van der Waals surface area contributed by atoms with Crippen molar-refractivity contribution in [1.82, 2.24) is 0 Å². The standard InChI is InChI=1S/2C16H36N.C5H9NO4/c2*1-5-9-13-17(14-10-6-2,15-11-7-3)16-12-8-4;6-3(5(9)10)1-2-4(7)8/h2*5-16H2,1-4H3;3H,1-2,6H2,(H,7,8)(H,9,10)/q2*+1;/p-2/t;;3-/m..0/s1. The first kappa shape index (κ1) is 47.2. The van der Waals surface area contributed by atoms with Crippen LogP contribution in [0.15, 0.2) is 0 Å². The van der Waals surface area contributed by atoms with Crippen LogP contribution in [0.2, 0.25) is 0 Å². The average molecular weight is 630 g/mol. The highest BCUT2D eigenvalue weighted by Gasteiger charge is 2.25. The van der Waals surface area contributed by atoms with E-state index in [9.17, 15) is 19.8 Å². The molecule has 0 rings (SSSR count). The molecule has 0 aliphatic heterocycles. The Morgan fingerprint density at radius 1 is 0.477 bits per heavy atom. The summed E-state index contributed by atoms with van der Waals surface area (Å²) >= 11 is 0. The third-order valence-corrected chi connectivity index (χ3v) is 8.85. The minimum atomic E-state index is -1.44. The fourth-order valence-corrected chi connectivity index (χ4v) is 5.68. The number of nitrogens with zero attached hydrogens (tertiary/aromatic N) is 2. The van der Waals surface area contributed by atoms with Gasteiger partial charge in [-0.25, -0.2) is 0 Å². The molecule has 0 amide bonds. The number of carboxylic acid groups (broad SMARTS) is 2. The molecule has 0 aliphatic rings. The van der Waals surface area contributed by atoms with E-state index in [-0.39, 0.29) is 12.8 Å². The van der Waals surface area contributed by atoms with Crippen LogP contribution >= 0.6 is 0 Å². The molecule has 7 heteroatoms. The Labute approximate surface area is 275 Å². The smallest absolute Gasteiger partial charge is 0.0786 e. The van der Waals surface area contributed by atoms with Gasteiger partial charge >= 0.3 is 0 Å². The zero-order valence-corrected chi connectivity index (χ0v) is 31.1. The SMILES string of the molecule is CCCC[N+](CCCC)(CCCC)CCCC.CCCC[N+](CCCC)(CCCC)CCCC.N[C@@H](CCC(=O)[O-])C(=O)[O-]. The molecule has 0 saturated heterocycles. The number of hydrogen-bond donors (Lipinski definition) is 1. The fourth-order valence-electron chi connectivity index (χ4n) is 5.68. The first-order valence-corrected chi connectivity index (χ1v) is 18.9. The highest BCUT2D eigenvalue weighted by molar-refractivity contribution is 5.72. The van der Waals surface area contributed by atoms with Crippen molar-refractivity contribution in [3.8, 4) is 0 Å². The van der Waals surface area contributed by atoms with Crippen LogP contribution in [0.4, 0.5) is 0 Å². The van der Waals surface area contributed by atoms with E-state index in [1.807, 2.05) is 0 Å². The minimum Gasteiger partial charge on any atom is -0.550 e. The van der Waals surface area contributed by atoms with Gasteiger partial charge in [-0.1, -0.05) is 107 Å². The number of aliphatic carboxylic acids is 2. The lowest BCUT2D eigenvalue weighted by Crippen LogP contribution is -2.50. The summed E-state index contributed by atoms with van der Waals surface area (Å²) in [6, 6.07) is -1.21. The molecule has 0 bridgehead atoms. The summed E-state index contributed by atoms with van der Waals surface area (Å²) < 4.78 is 2.84. The number of quaternary nitrogens is 2. The summed E-state index contributed by atoms with van der Waals surface area (Å²) in [5, 5.41) is 19.6. The first-order chi connectivity index (χ1) is 21.0. The molecule has 0 saturated carbocycles. The largest absolute Gasteiger partial charge is 0.550 e. The second-order valence-corrected chi connectivity index (χ2v) is 13.1. The maximum absolute atomic E-state index is 9.86. The van der Waals surface area contributed by atoms with Crippen molar-refractivity contribution in [2.24, 2.45) is 5.73 Å². The molecule has 7 nitrogen and oxygen atoms in total. The Bertz CT molecular complexity index is 519. The van der Waals surface area contributed by atoms with Gasteiger partial charge in [0.25, 0.3) is 0 Å². The van der Waals surface area contributed by atoms with Gasteiger partial charge in [-0.15, -0.1) is 0 Å². The maximum atomic E-state index is 9.86. The average Bonchev–Trinajstić information content (AvgIpc) is 3.02. The van der Waals surface area contributed by atoms with Crippen LogP contribution in [0.1, 0.15) is 171 Å². The highest BCUT2D eigenvalue weighted by atomic mass is 16.4. The van der Waals surface area contributed by atoms with Crippen LogP contribution < -0.4 is 15.9 Å². The van der Waals surface area contributed by atoms with Gasteiger partial charge in [0.2, 0.25) is 0 Å². The van der Waals surface area contributed by atoms with E-state index in [2.05, 4.69) is 55.4 Å². The topological polar surface area (TPSA) is 106 Å². The lowest BCUT2D eigenvalue weighted by Gasteiger charge is -2.39. The molecule has 0 radical (unpaired) electrons. The molecule has 44 heavy (non-hydrogen) atoms. The Balaban J connectivity index is -0.000000594. The summed E-state index contributed by atoms with van der Waals surface area (Å²) in [4.78, 5) is 19.6. The lowest BCUT2D eigenvalue weighted by atomic mass is 10.1. The van der Waals surface area contributed by atoms with Crippen LogP contribution in [0.25, 0.3) is 0 Å². The lowest BCUT2D eigenvalue weighted by molar-refractivity contribution is -0.929. The first-order valence-electron chi connectivity index (χ1n) is 18.9. The van der Waals surface area contributed by atoms with E-state index in [0.29, 0.717) is 0 Å². The third kappa shape index (κ3) is 28.3. The Hall–Kier alpha value is -1.18. The second kappa shape index (κ2) is 33.2. The van der Waals surface area contributed by atoms with Crippen molar-refractivity contribution < 1.29 is 28.8 Å². The van der Waals surface area contributed by atoms with Crippen molar-refractivity contribution in [2.75, 3.05) is 52.4 Å². The molecule has 0 heterocycles. The molecule has 266 valence electrons. The quantitative estimate of drug-likeness (QED) is 0.0982. The maximum Gasteiger partial charge on any atom is 0.0786 e. The van der Waals surface area contributed by atoms with E-state index in [1.54, 1.807) is 0 Å². The summed E-state index contributed by atoms with van der Waals surface area (Å²) in [7, 11) is 0. The van der Waals surface area contributed by atoms with E-state index in [4.69, 9.17) is 5.73 Å². The van der Waals surface area contributed by atoms with Gasteiger partial charge in [-0.05, 0) is 64.2 Å². The Morgan fingerprint density at radius 3 is 0.818 bits per heavy atom. The molecule has 0 fully saturated rings. The van der Waals surface area contributed by atoms with Crippen LogP contribution in [0.5, 0.6) is 0 Å².